The smallest absolute Gasteiger partial charge is 0.227 e. The van der Waals surface area contributed by atoms with Crippen LogP contribution in [0.4, 0.5) is 5.13 Å². The van der Waals surface area contributed by atoms with E-state index in [1.807, 2.05) is 35.7 Å². The fourth-order valence-electron chi connectivity index (χ4n) is 2.22. The maximum absolute atomic E-state index is 12.0. The molecular weight excluding hydrogens is 322 g/mol. The Morgan fingerprint density at radius 2 is 2.23 bits per heavy atom. The van der Waals surface area contributed by atoms with Crippen molar-refractivity contribution in [2.75, 3.05) is 25.1 Å². The number of anilines is 1. The zero-order valence-corrected chi connectivity index (χ0v) is 13.6. The summed E-state index contributed by atoms with van der Waals surface area (Å²) >= 11 is 1.44. The molecule has 1 aromatic heterocycles. The molecule has 0 aliphatic carbocycles. The molecule has 1 unspecified atom stereocenters. The van der Waals surface area contributed by atoms with Crippen LogP contribution in [0.1, 0.15) is 6.42 Å². The molecule has 2 aromatic rings. The number of nitrogens with zero attached hydrogens (tertiary/aromatic N) is 1. The van der Waals surface area contributed by atoms with Crippen molar-refractivity contribution in [2.45, 2.75) is 12.5 Å². The van der Waals surface area contributed by atoms with E-state index in [0.717, 1.165) is 17.8 Å². The lowest BCUT2D eigenvalue weighted by molar-refractivity contribution is -0.117. The second-order valence-electron chi connectivity index (χ2n) is 4.88. The van der Waals surface area contributed by atoms with E-state index in [9.17, 15) is 4.79 Å². The average molecular weight is 340 g/mol. The molecule has 1 amide bonds. The molecular formula is C15H18ClN3O2S. The predicted octanol–water partition coefficient (Wildman–Crippen LogP) is 2.55. The Bertz CT molecular complexity index is 600. The largest absolute Gasteiger partial charge is 0.378 e. The Morgan fingerprint density at radius 3 is 2.95 bits per heavy atom. The Labute approximate surface area is 139 Å². The maximum atomic E-state index is 12.0. The molecule has 1 atom stereocenters. The molecule has 0 bridgehead atoms. The fourth-order valence-corrected chi connectivity index (χ4v) is 2.95. The van der Waals surface area contributed by atoms with E-state index in [1.165, 1.54) is 11.3 Å². The van der Waals surface area contributed by atoms with Crippen molar-refractivity contribution in [2.24, 2.45) is 0 Å². The first-order valence-corrected chi connectivity index (χ1v) is 7.81. The summed E-state index contributed by atoms with van der Waals surface area (Å²) < 4.78 is 5.34. The van der Waals surface area contributed by atoms with E-state index in [2.05, 4.69) is 15.6 Å². The third kappa shape index (κ3) is 4.51. The number of nitrogens with one attached hydrogen (secondary N) is 2. The van der Waals surface area contributed by atoms with Gasteiger partial charge < -0.3 is 15.4 Å². The van der Waals surface area contributed by atoms with Gasteiger partial charge in [-0.05, 0) is 0 Å². The first-order chi connectivity index (χ1) is 10.3. The number of morpholine rings is 1. The summed E-state index contributed by atoms with van der Waals surface area (Å²) in [5, 5.41) is 8.70. The van der Waals surface area contributed by atoms with Gasteiger partial charge in [0, 0.05) is 30.0 Å². The summed E-state index contributed by atoms with van der Waals surface area (Å²) in [7, 11) is 0. The van der Waals surface area contributed by atoms with Gasteiger partial charge in [-0.2, -0.15) is 0 Å². The second-order valence-corrected chi connectivity index (χ2v) is 5.74. The SMILES string of the molecule is Cl.O=C(CC1COCCN1)Nc1nc(-c2ccccc2)cs1. The van der Waals surface area contributed by atoms with Crippen LogP contribution in [-0.4, -0.2) is 36.7 Å². The predicted molar refractivity (Wildman–Crippen MR) is 90.7 cm³/mol. The summed E-state index contributed by atoms with van der Waals surface area (Å²) in [4.78, 5) is 16.4. The van der Waals surface area contributed by atoms with Crippen molar-refractivity contribution in [1.29, 1.82) is 0 Å². The molecule has 5 nitrogen and oxygen atoms in total. The normalized spacial score (nSPS) is 17.5. The topological polar surface area (TPSA) is 63.2 Å². The van der Waals surface area contributed by atoms with Gasteiger partial charge >= 0.3 is 0 Å². The molecule has 1 aliphatic rings. The summed E-state index contributed by atoms with van der Waals surface area (Å²) in [6, 6.07) is 10.0. The van der Waals surface area contributed by atoms with E-state index in [0.29, 0.717) is 24.8 Å². The van der Waals surface area contributed by atoms with E-state index in [4.69, 9.17) is 4.74 Å². The fraction of sp³-hybridized carbons (Fsp3) is 0.333. The van der Waals surface area contributed by atoms with Gasteiger partial charge in [0.05, 0.1) is 18.9 Å². The number of carbonyl (C=O) groups excluding carboxylic acids is 1. The molecule has 7 heteroatoms. The van der Waals surface area contributed by atoms with Crippen molar-refractivity contribution >= 4 is 34.8 Å². The van der Waals surface area contributed by atoms with E-state index >= 15 is 0 Å². The molecule has 3 rings (SSSR count). The lowest BCUT2D eigenvalue weighted by Crippen LogP contribution is -2.43. The lowest BCUT2D eigenvalue weighted by atomic mass is 10.2. The molecule has 1 saturated heterocycles. The van der Waals surface area contributed by atoms with Crippen molar-refractivity contribution in [3.05, 3.63) is 35.7 Å². The summed E-state index contributed by atoms with van der Waals surface area (Å²) in [5.41, 5.74) is 1.94. The molecule has 1 fully saturated rings. The average Bonchev–Trinajstić information content (AvgIpc) is 2.97. The van der Waals surface area contributed by atoms with E-state index in [1.54, 1.807) is 0 Å². The van der Waals surface area contributed by atoms with Crippen LogP contribution in [0.5, 0.6) is 0 Å². The van der Waals surface area contributed by atoms with Gasteiger partial charge in [0.15, 0.2) is 5.13 Å². The van der Waals surface area contributed by atoms with Crippen LogP contribution >= 0.6 is 23.7 Å². The highest BCUT2D eigenvalue weighted by molar-refractivity contribution is 7.14. The summed E-state index contributed by atoms with van der Waals surface area (Å²) in [5.74, 6) is -0.0352. The standard InChI is InChI=1S/C15H17N3O2S.ClH/c19-14(8-12-9-20-7-6-16-12)18-15-17-13(10-21-15)11-4-2-1-3-5-11;/h1-5,10,12,16H,6-9H2,(H,17,18,19);1H. The number of benzene rings is 1. The van der Waals surface area contributed by atoms with E-state index < -0.39 is 0 Å². The first kappa shape index (κ1) is 16.9. The zero-order chi connectivity index (χ0) is 14.5. The van der Waals surface area contributed by atoms with Gasteiger partial charge in [0.25, 0.3) is 0 Å². The van der Waals surface area contributed by atoms with Gasteiger partial charge in [0.1, 0.15) is 0 Å². The third-order valence-electron chi connectivity index (χ3n) is 3.25. The van der Waals surface area contributed by atoms with E-state index in [-0.39, 0.29) is 24.4 Å². The molecule has 2 heterocycles. The molecule has 0 radical (unpaired) electrons. The number of carbonyl (C=O) groups is 1. The number of halogens is 1. The van der Waals surface area contributed by atoms with Crippen LogP contribution in [0.3, 0.4) is 0 Å². The number of rotatable bonds is 4. The number of hydrogen-bond acceptors (Lipinski definition) is 5. The van der Waals surface area contributed by atoms with Crippen LogP contribution in [0.25, 0.3) is 11.3 Å². The number of ether oxygens (including phenoxy) is 1. The number of thiazole rings is 1. The highest BCUT2D eigenvalue weighted by atomic mass is 35.5. The second kappa shape index (κ2) is 8.24. The summed E-state index contributed by atoms with van der Waals surface area (Å²) in [6.07, 6.45) is 0.403. The van der Waals surface area contributed by atoms with Crippen molar-refractivity contribution in [1.82, 2.24) is 10.3 Å². The van der Waals surface area contributed by atoms with Gasteiger partial charge in [-0.1, -0.05) is 30.3 Å². The Kier molecular flexibility index (Phi) is 6.33. The van der Waals surface area contributed by atoms with Gasteiger partial charge in [0.2, 0.25) is 5.91 Å². The molecule has 0 saturated carbocycles. The highest BCUT2D eigenvalue weighted by Gasteiger charge is 2.17. The quantitative estimate of drug-likeness (QED) is 0.898. The molecule has 0 spiro atoms. The minimum Gasteiger partial charge on any atom is -0.378 e. The number of aromatic nitrogens is 1. The van der Waals surface area contributed by atoms with Crippen LogP contribution in [0.15, 0.2) is 35.7 Å². The van der Waals surface area contributed by atoms with Crippen molar-refractivity contribution in [3.8, 4) is 11.3 Å². The Morgan fingerprint density at radius 1 is 1.41 bits per heavy atom. The Hall–Kier alpha value is -1.47. The molecule has 2 N–H and O–H groups in total. The number of amides is 1. The highest BCUT2D eigenvalue weighted by Crippen LogP contribution is 2.24. The molecule has 118 valence electrons. The zero-order valence-electron chi connectivity index (χ0n) is 12.0. The van der Waals surface area contributed by atoms with Crippen LogP contribution < -0.4 is 10.6 Å². The number of hydrogen-bond donors (Lipinski definition) is 2. The van der Waals surface area contributed by atoms with Gasteiger partial charge in [-0.25, -0.2) is 4.98 Å². The summed E-state index contributed by atoms with van der Waals surface area (Å²) in [6.45, 7) is 2.10. The van der Waals surface area contributed by atoms with Crippen LogP contribution in [0, 0.1) is 0 Å². The molecule has 1 aromatic carbocycles. The lowest BCUT2D eigenvalue weighted by Gasteiger charge is -2.22. The maximum Gasteiger partial charge on any atom is 0.227 e. The Balaban J connectivity index is 0.00000176. The van der Waals surface area contributed by atoms with Gasteiger partial charge in [-0.15, -0.1) is 23.7 Å². The molecule has 22 heavy (non-hydrogen) atoms. The third-order valence-corrected chi connectivity index (χ3v) is 4.01. The van der Waals surface area contributed by atoms with Crippen molar-refractivity contribution in [3.63, 3.8) is 0 Å². The monoisotopic (exact) mass is 339 g/mol. The minimum atomic E-state index is -0.0352. The van der Waals surface area contributed by atoms with Crippen molar-refractivity contribution < 1.29 is 9.53 Å². The van der Waals surface area contributed by atoms with Gasteiger partial charge in [-0.3, -0.25) is 4.79 Å². The van der Waals surface area contributed by atoms with Crippen LogP contribution in [0.2, 0.25) is 0 Å². The van der Waals surface area contributed by atoms with Crippen LogP contribution in [-0.2, 0) is 9.53 Å². The minimum absolute atomic E-state index is 0. The first-order valence-electron chi connectivity index (χ1n) is 6.93. The molecule has 1 aliphatic heterocycles.